The molecule has 6 rings (SSSR count). The number of carbonyl (C=O) groups excluding carboxylic acids is 2. The second-order valence-electron chi connectivity index (χ2n) is 17.6. The molecule has 0 spiro atoms. The number of nitrogen functional groups attached to an aromatic ring is 1. The molecule has 4 heterocycles. The Hall–Kier alpha value is -5.99. The number of fused-ring (bicyclic) bond motifs is 4. The van der Waals surface area contributed by atoms with Gasteiger partial charge in [-0.15, -0.1) is 11.3 Å². The number of anilines is 2. The van der Waals surface area contributed by atoms with Crippen LogP contribution in [0.2, 0.25) is 0 Å². The van der Waals surface area contributed by atoms with Crippen molar-refractivity contribution in [2.45, 2.75) is 92.2 Å². The molecule has 4 aromatic heterocycles. The molecular weight excluding hydrogens is 903 g/mol. The monoisotopic (exact) mass is 971 g/mol. The molecule has 0 aliphatic carbocycles. The van der Waals surface area contributed by atoms with Gasteiger partial charge in [0.05, 0.1) is 64.8 Å². The summed E-state index contributed by atoms with van der Waals surface area (Å²) in [7, 11) is 1.93. The van der Waals surface area contributed by atoms with E-state index < -0.39 is 11.9 Å². The van der Waals surface area contributed by atoms with Gasteiger partial charge in [-0.2, -0.15) is 0 Å². The molecule has 0 aliphatic heterocycles. The number of amides is 2. The summed E-state index contributed by atoms with van der Waals surface area (Å²) in [5, 5.41) is 13.9. The van der Waals surface area contributed by atoms with Crippen molar-refractivity contribution >= 4 is 72.8 Å². The van der Waals surface area contributed by atoms with Crippen LogP contribution in [0.5, 0.6) is 0 Å². The van der Waals surface area contributed by atoms with E-state index in [4.69, 9.17) is 40.5 Å². The number of hydrogen-bond donors (Lipinski definition) is 5. The molecule has 0 fully saturated rings. The highest BCUT2D eigenvalue weighted by molar-refractivity contribution is 7.17. The van der Waals surface area contributed by atoms with E-state index in [-0.39, 0.29) is 29.7 Å². The maximum absolute atomic E-state index is 12.0. The Bertz CT molecular complexity index is 2660. The first kappa shape index (κ1) is 54.0. The zero-order chi connectivity index (χ0) is 49.8. The van der Waals surface area contributed by atoms with Crippen LogP contribution in [0.1, 0.15) is 92.6 Å². The normalized spacial score (nSPS) is 11.6. The number of rotatable bonds is 29. The largest absolute Gasteiger partial charge is 0.481 e. The SMILES string of the molecule is CCCCc1nc2c(N)nc3ccccc3c2n1CC(C)(C)COCCCOCCOCCOCCCNC(=O)CCCC(=O)O.Cc1nc2ccc(CN(C)c3ccc(C(N)=O)s3)cc2c(=O)[nH]1. The Kier molecular flexibility index (Phi) is 21.3. The van der Waals surface area contributed by atoms with Crippen LogP contribution in [0, 0.1) is 12.3 Å². The molecule has 0 saturated heterocycles. The van der Waals surface area contributed by atoms with Crippen LogP contribution >= 0.6 is 11.3 Å². The van der Waals surface area contributed by atoms with Crippen LogP contribution in [0.3, 0.4) is 0 Å². The van der Waals surface area contributed by atoms with E-state index in [1.165, 1.54) is 11.3 Å². The van der Waals surface area contributed by atoms with Gasteiger partial charge in [-0.3, -0.25) is 19.2 Å². The van der Waals surface area contributed by atoms with Gasteiger partial charge in [0, 0.05) is 76.6 Å². The predicted molar refractivity (Wildman–Crippen MR) is 271 cm³/mol. The Morgan fingerprint density at radius 1 is 0.855 bits per heavy atom. The highest BCUT2D eigenvalue weighted by atomic mass is 32.1. The van der Waals surface area contributed by atoms with Crippen molar-refractivity contribution in [3.05, 3.63) is 87.0 Å². The van der Waals surface area contributed by atoms with E-state index in [0.29, 0.717) is 106 Å². The van der Waals surface area contributed by atoms with Crippen molar-refractivity contribution in [2.75, 3.05) is 77.1 Å². The van der Waals surface area contributed by atoms with Gasteiger partial charge in [0.15, 0.2) is 5.82 Å². The van der Waals surface area contributed by atoms with Gasteiger partial charge >= 0.3 is 5.97 Å². The van der Waals surface area contributed by atoms with Gasteiger partial charge in [-0.25, -0.2) is 15.0 Å². The van der Waals surface area contributed by atoms with Crippen molar-refractivity contribution in [3.8, 4) is 0 Å². The van der Waals surface area contributed by atoms with Crippen molar-refractivity contribution < 1.29 is 38.4 Å². The Morgan fingerprint density at radius 2 is 1.55 bits per heavy atom. The number of carboxylic acids is 1. The van der Waals surface area contributed by atoms with Gasteiger partial charge in [-0.1, -0.05) is 51.5 Å². The molecule has 18 nitrogen and oxygen atoms in total. The number of H-pyrrole nitrogens is 1. The summed E-state index contributed by atoms with van der Waals surface area (Å²) in [6.07, 6.45) is 5.13. The number of thiophene rings is 1. The summed E-state index contributed by atoms with van der Waals surface area (Å²) in [6.45, 7) is 14.6. The molecule has 19 heteroatoms. The third-order valence-corrected chi connectivity index (χ3v) is 12.2. The first-order valence-electron chi connectivity index (χ1n) is 23.6. The molecule has 374 valence electrons. The number of unbranched alkanes of at least 4 members (excludes halogenated alkanes) is 1. The third-order valence-electron chi connectivity index (χ3n) is 10.9. The van der Waals surface area contributed by atoms with Gasteiger partial charge in [-0.05, 0) is 68.5 Å². The summed E-state index contributed by atoms with van der Waals surface area (Å²) < 4.78 is 25.1. The van der Waals surface area contributed by atoms with E-state index in [1.54, 1.807) is 13.0 Å². The van der Waals surface area contributed by atoms with E-state index in [1.807, 2.05) is 54.4 Å². The number of hydrogen-bond acceptors (Lipinski definition) is 14. The molecule has 2 aromatic carbocycles. The number of para-hydroxylation sites is 1. The highest BCUT2D eigenvalue weighted by Gasteiger charge is 2.25. The number of primary amides is 1. The summed E-state index contributed by atoms with van der Waals surface area (Å²) in [6, 6.07) is 17.3. The lowest BCUT2D eigenvalue weighted by Crippen LogP contribution is -2.27. The molecule has 0 bridgehead atoms. The number of carbonyl (C=O) groups is 3. The van der Waals surface area contributed by atoms with Crippen LogP contribution < -0.4 is 27.2 Å². The second-order valence-corrected chi connectivity index (χ2v) is 18.7. The van der Waals surface area contributed by atoms with Crippen molar-refractivity contribution in [2.24, 2.45) is 11.1 Å². The number of ether oxygens (including phenoxy) is 4. The molecule has 0 saturated carbocycles. The standard InChI is InChI=1S/C34H53N5O7.C16H16N4O2S/c1-4-5-13-28-38-31-32(26-11-6-7-12-27(26)37-33(31)35)39(28)24-34(2,3)25-46-19-10-18-44-21-23-45-22-20-43-17-9-16-36-29(40)14-8-15-30(41)42;1-9-18-12-4-3-10(7-11(12)16(22)19-9)8-20(2)14-6-5-13(23-14)15(17)21/h6-7,11-12H,4-5,8-10,13-25H2,1-3H3,(H2,35,37)(H,36,40)(H,41,42);3-7H,8H2,1-2H3,(H2,17,21)(H,18,19,22). The topological polar surface area (TPSA) is 252 Å². The lowest BCUT2D eigenvalue weighted by Gasteiger charge is -2.26. The van der Waals surface area contributed by atoms with E-state index >= 15 is 0 Å². The number of aryl methyl sites for hydroxylation is 2. The lowest BCUT2D eigenvalue weighted by atomic mass is 9.94. The number of nitrogens with two attached hydrogens (primary N) is 2. The van der Waals surface area contributed by atoms with Gasteiger partial charge in [0.25, 0.3) is 11.5 Å². The maximum atomic E-state index is 12.0. The van der Waals surface area contributed by atoms with Crippen molar-refractivity contribution in [1.82, 2.24) is 29.8 Å². The molecule has 6 aromatic rings. The lowest BCUT2D eigenvalue weighted by molar-refractivity contribution is -0.137. The predicted octanol–water partition coefficient (Wildman–Crippen LogP) is 6.78. The molecule has 0 aliphatic rings. The average Bonchev–Trinajstić information content (AvgIpc) is 3.95. The van der Waals surface area contributed by atoms with Crippen LogP contribution in [-0.4, -0.2) is 114 Å². The Labute approximate surface area is 407 Å². The van der Waals surface area contributed by atoms with Crippen molar-refractivity contribution in [3.63, 3.8) is 0 Å². The fourth-order valence-corrected chi connectivity index (χ4v) is 8.36. The minimum Gasteiger partial charge on any atom is -0.481 e. The van der Waals surface area contributed by atoms with E-state index in [0.717, 1.165) is 70.6 Å². The van der Waals surface area contributed by atoms with Gasteiger partial charge in [0.1, 0.15) is 17.2 Å². The molecular formula is C50H69N9O9S. The smallest absolute Gasteiger partial charge is 0.303 e. The molecule has 69 heavy (non-hydrogen) atoms. The van der Waals surface area contributed by atoms with E-state index in [9.17, 15) is 19.2 Å². The number of aromatic amines is 1. The third kappa shape index (κ3) is 17.2. The van der Waals surface area contributed by atoms with Crippen LogP contribution in [0.4, 0.5) is 10.8 Å². The number of nitrogens with one attached hydrogen (secondary N) is 2. The quantitative estimate of drug-likeness (QED) is 0.0304. The van der Waals surface area contributed by atoms with Crippen LogP contribution in [0.15, 0.2) is 59.4 Å². The number of nitrogens with zero attached hydrogens (tertiary/aromatic N) is 5. The highest BCUT2D eigenvalue weighted by Crippen LogP contribution is 2.32. The Balaban J connectivity index is 0.000000320. The van der Waals surface area contributed by atoms with Crippen molar-refractivity contribution in [1.29, 1.82) is 0 Å². The number of aliphatic carboxylic acids is 1. The van der Waals surface area contributed by atoms with Crippen LogP contribution in [-0.2, 0) is 48.0 Å². The zero-order valence-corrected chi connectivity index (χ0v) is 41.5. The minimum absolute atomic E-state index is 0.00847. The number of aromatic nitrogens is 5. The number of carboxylic acid groups (broad SMARTS) is 1. The summed E-state index contributed by atoms with van der Waals surface area (Å²) in [5.74, 6) is 0.682. The second kappa shape index (κ2) is 27.3. The first-order chi connectivity index (χ1) is 33.1. The summed E-state index contributed by atoms with van der Waals surface area (Å²) >= 11 is 1.35. The molecule has 2 amide bonds. The summed E-state index contributed by atoms with van der Waals surface area (Å²) in [5.41, 5.74) is 15.8. The molecule has 0 radical (unpaired) electrons. The average molecular weight is 972 g/mol. The molecule has 0 atom stereocenters. The van der Waals surface area contributed by atoms with E-state index in [2.05, 4.69) is 51.7 Å². The van der Waals surface area contributed by atoms with Crippen LogP contribution in [0.25, 0.3) is 32.8 Å². The summed E-state index contributed by atoms with van der Waals surface area (Å²) in [4.78, 5) is 64.4. The minimum atomic E-state index is -0.886. The fourth-order valence-electron chi connectivity index (χ4n) is 7.54. The van der Waals surface area contributed by atoms with Gasteiger partial charge < -0.3 is 55.3 Å². The fraction of sp³-hybridized carbons (Fsp3) is 0.500. The number of benzene rings is 2. The number of pyridine rings is 1. The van der Waals surface area contributed by atoms with Gasteiger partial charge in [0.2, 0.25) is 5.91 Å². The zero-order valence-electron chi connectivity index (χ0n) is 40.6. The maximum Gasteiger partial charge on any atom is 0.303 e. The first-order valence-corrected chi connectivity index (χ1v) is 24.4. The molecule has 0 unspecified atom stereocenters. The number of imidazole rings is 1. The Morgan fingerprint density at radius 3 is 2.26 bits per heavy atom. The molecule has 7 N–H and O–H groups in total.